The van der Waals surface area contributed by atoms with Gasteiger partial charge in [0, 0.05) is 18.8 Å². The first-order valence-corrected chi connectivity index (χ1v) is 5.15. The molecule has 0 aliphatic heterocycles. The van der Waals surface area contributed by atoms with Crippen LogP contribution in [-0.4, -0.2) is 13.1 Å². The summed E-state index contributed by atoms with van der Waals surface area (Å²) < 4.78 is 0. The number of benzene rings is 1. The molecule has 0 amide bonds. The van der Waals surface area contributed by atoms with Crippen molar-refractivity contribution in [3.63, 3.8) is 0 Å². The molecule has 14 heavy (non-hydrogen) atoms. The van der Waals surface area contributed by atoms with Gasteiger partial charge in [0.1, 0.15) is 0 Å². The minimum atomic E-state index is 0.252. The SMILES string of the molecule is CNc1cccc(CC(N)C(C)C)c1. The van der Waals surface area contributed by atoms with Crippen LogP contribution in [0.3, 0.4) is 0 Å². The fourth-order valence-electron chi connectivity index (χ4n) is 1.36. The van der Waals surface area contributed by atoms with Crippen molar-refractivity contribution in [1.29, 1.82) is 0 Å². The molecular weight excluding hydrogens is 172 g/mol. The predicted octanol–water partition coefficient (Wildman–Crippen LogP) is 2.25. The van der Waals surface area contributed by atoms with Gasteiger partial charge in [0.25, 0.3) is 0 Å². The molecule has 1 aromatic carbocycles. The number of rotatable bonds is 4. The van der Waals surface area contributed by atoms with Crippen molar-refractivity contribution in [2.45, 2.75) is 26.3 Å². The van der Waals surface area contributed by atoms with Crippen molar-refractivity contribution in [3.8, 4) is 0 Å². The molecule has 2 heteroatoms. The van der Waals surface area contributed by atoms with Crippen LogP contribution in [0.4, 0.5) is 5.69 Å². The second kappa shape index (κ2) is 5.01. The van der Waals surface area contributed by atoms with Gasteiger partial charge in [-0.05, 0) is 30.0 Å². The van der Waals surface area contributed by atoms with Gasteiger partial charge in [-0.3, -0.25) is 0 Å². The zero-order chi connectivity index (χ0) is 10.6. The van der Waals surface area contributed by atoms with Crippen LogP contribution in [0.5, 0.6) is 0 Å². The van der Waals surface area contributed by atoms with E-state index >= 15 is 0 Å². The average Bonchev–Trinajstić information content (AvgIpc) is 2.18. The van der Waals surface area contributed by atoms with E-state index in [4.69, 9.17) is 5.73 Å². The van der Waals surface area contributed by atoms with E-state index in [9.17, 15) is 0 Å². The molecule has 0 aromatic heterocycles. The van der Waals surface area contributed by atoms with Crippen molar-refractivity contribution in [1.82, 2.24) is 0 Å². The van der Waals surface area contributed by atoms with E-state index in [2.05, 4.69) is 43.4 Å². The van der Waals surface area contributed by atoms with Gasteiger partial charge in [-0.1, -0.05) is 26.0 Å². The molecule has 0 radical (unpaired) electrons. The van der Waals surface area contributed by atoms with Crippen molar-refractivity contribution < 1.29 is 0 Å². The highest BCUT2D eigenvalue weighted by molar-refractivity contribution is 5.45. The van der Waals surface area contributed by atoms with Crippen molar-refractivity contribution in [2.75, 3.05) is 12.4 Å². The topological polar surface area (TPSA) is 38.0 Å². The zero-order valence-corrected chi connectivity index (χ0v) is 9.25. The van der Waals surface area contributed by atoms with Gasteiger partial charge in [0.2, 0.25) is 0 Å². The van der Waals surface area contributed by atoms with E-state index in [1.165, 1.54) is 5.56 Å². The standard InChI is InChI=1S/C12H20N2/c1-9(2)12(13)8-10-5-4-6-11(7-10)14-3/h4-7,9,12,14H,8,13H2,1-3H3. The van der Waals surface area contributed by atoms with E-state index in [0.29, 0.717) is 5.92 Å². The first kappa shape index (κ1) is 11.1. The van der Waals surface area contributed by atoms with Crippen LogP contribution in [-0.2, 0) is 6.42 Å². The van der Waals surface area contributed by atoms with Gasteiger partial charge >= 0.3 is 0 Å². The van der Waals surface area contributed by atoms with E-state index in [0.717, 1.165) is 12.1 Å². The third kappa shape index (κ3) is 3.04. The maximum atomic E-state index is 6.02. The highest BCUT2D eigenvalue weighted by Gasteiger charge is 2.08. The largest absolute Gasteiger partial charge is 0.388 e. The third-order valence-corrected chi connectivity index (χ3v) is 2.54. The fourth-order valence-corrected chi connectivity index (χ4v) is 1.36. The normalized spacial score (nSPS) is 12.9. The van der Waals surface area contributed by atoms with Crippen molar-refractivity contribution in [3.05, 3.63) is 29.8 Å². The summed E-state index contributed by atoms with van der Waals surface area (Å²) in [6, 6.07) is 8.66. The maximum Gasteiger partial charge on any atom is 0.0340 e. The lowest BCUT2D eigenvalue weighted by atomic mass is 9.97. The van der Waals surface area contributed by atoms with E-state index in [-0.39, 0.29) is 6.04 Å². The second-order valence-electron chi connectivity index (χ2n) is 4.06. The Morgan fingerprint density at radius 1 is 1.36 bits per heavy atom. The molecule has 0 fully saturated rings. The molecule has 78 valence electrons. The summed E-state index contributed by atoms with van der Waals surface area (Å²) in [4.78, 5) is 0. The first-order valence-electron chi connectivity index (χ1n) is 5.15. The fraction of sp³-hybridized carbons (Fsp3) is 0.500. The molecular formula is C12H20N2. The van der Waals surface area contributed by atoms with E-state index in [1.54, 1.807) is 0 Å². The molecule has 0 bridgehead atoms. The van der Waals surface area contributed by atoms with Crippen LogP contribution in [0, 0.1) is 5.92 Å². The Kier molecular flexibility index (Phi) is 3.96. The molecule has 3 N–H and O–H groups in total. The maximum absolute atomic E-state index is 6.02. The number of nitrogens with one attached hydrogen (secondary N) is 1. The summed E-state index contributed by atoms with van der Waals surface area (Å²) >= 11 is 0. The molecule has 2 nitrogen and oxygen atoms in total. The highest BCUT2D eigenvalue weighted by Crippen LogP contribution is 2.13. The van der Waals surface area contributed by atoms with Crippen LogP contribution in [0.2, 0.25) is 0 Å². The molecule has 0 aliphatic carbocycles. The molecule has 0 spiro atoms. The number of nitrogens with two attached hydrogens (primary N) is 1. The Morgan fingerprint density at radius 2 is 2.07 bits per heavy atom. The van der Waals surface area contributed by atoms with E-state index < -0.39 is 0 Å². The van der Waals surface area contributed by atoms with Crippen LogP contribution >= 0.6 is 0 Å². The molecule has 0 saturated heterocycles. The number of hydrogen-bond donors (Lipinski definition) is 2. The van der Waals surface area contributed by atoms with Gasteiger partial charge < -0.3 is 11.1 Å². The summed E-state index contributed by atoms with van der Waals surface area (Å²) in [6.07, 6.45) is 0.952. The van der Waals surface area contributed by atoms with Gasteiger partial charge in [-0.15, -0.1) is 0 Å². The van der Waals surface area contributed by atoms with Crippen LogP contribution in [0.15, 0.2) is 24.3 Å². The quantitative estimate of drug-likeness (QED) is 0.768. The number of hydrogen-bond acceptors (Lipinski definition) is 2. The minimum absolute atomic E-state index is 0.252. The molecule has 1 rings (SSSR count). The molecule has 0 heterocycles. The van der Waals surface area contributed by atoms with Crippen LogP contribution in [0.25, 0.3) is 0 Å². The molecule has 1 unspecified atom stereocenters. The zero-order valence-electron chi connectivity index (χ0n) is 9.25. The lowest BCUT2D eigenvalue weighted by Gasteiger charge is -2.15. The number of anilines is 1. The van der Waals surface area contributed by atoms with Gasteiger partial charge in [-0.2, -0.15) is 0 Å². The molecule has 0 aliphatic rings. The Morgan fingerprint density at radius 3 is 2.64 bits per heavy atom. The molecule has 1 aromatic rings. The van der Waals surface area contributed by atoms with E-state index in [1.807, 2.05) is 7.05 Å². The monoisotopic (exact) mass is 192 g/mol. The van der Waals surface area contributed by atoms with Crippen molar-refractivity contribution in [2.24, 2.45) is 11.7 Å². The predicted molar refractivity (Wildman–Crippen MR) is 62.5 cm³/mol. The average molecular weight is 192 g/mol. The first-order chi connectivity index (χ1) is 6.63. The van der Waals surface area contributed by atoms with Crippen LogP contribution in [0.1, 0.15) is 19.4 Å². The smallest absolute Gasteiger partial charge is 0.0340 e. The third-order valence-electron chi connectivity index (χ3n) is 2.54. The lowest BCUT2D eigenvalue weighted by molar-refractivity contribution is 0.490. The summed E-state index contributed by atoms with van der Waals surface area (Å²) in [5.74, 6) is 0.535. The summed E-state index contributed by atoms with van der Waals surface area (Å²) in [5.41, 5.74) is 8.47. The summed E-state index contributed by atoms with van der Waals surface area (Å²) in [6.45, 7) is 4.32. The Balaban J connectivity index is 2.66. The Labute approximate surface area is 86.5 Å². The Hall–Kier alpha value is -1.02. The van der Waals surface area contributed by atoms with Crippen LogP contribution < -0.4 is 11.1 Å². The minimum Gasteiger partial charge on any atom is -0.388 e. The highest BCUT2D eigenvalue weighted by atomic mass is 14.8. The lowest BCUT2D eigenvalue weighted by Crippen LogP contribution is -2.28. The van der Waals surface area contributed by atoms with Crippen molar-refractivity contribution >= 4 is 5.69 Å². The van der Waals surface area contributed by atoms with Gasteiger partial charge in [0.15, 0.2) is 0 Å². The Bertz CT molecular complexity index is 281. The molecule has 0 saturated carbocycles. The molecule has 1 atom stereocenters. The van der Waals surface area contributed by atoms with Gasteiger partial charge in [0.05, 0.1) is 0 Å². The summed E-state index contributed by atoms with van der Waals surface area (Å²) in [5, 5.41) is 3.13. The second-order valence-corrected chi connectivity index (χ2v) is 4.06. The summed E-state index contributed by atoms with van der Waals surface area (Å²) in [7, 11) is 1.93. The van der Waals surface area contributed by atoms with Gasteiger partial charge in [-0.25, -0.2) is 0 Å².